The van der Waals surface area contributed by atoms with E-state index >= 15 is 0 Å². The summed E-state index contributed by atoms with van der Waals surface area (Å²) in [6.07, 6.45) is 2.42. The highest BCUT2D eigenvalue weighted by molar-refractivity contribution is 5.90. The number of nitrogens with zero attached hydrogens (tertiary/aromatic N) is 4. The Kier molecular flexibility index (Phi) is 5.43. The molecule has 8 nitrogen and oxygen atoms in total. The van der Waals surface area contributed by atoms with Crippen molar-refractivity contribution < 1.29 is 9.53 Å². The van der Waals surface area contributed by atoms with Crippen LogP contribution >= 0.6 is 0 Å². The Labute approximate surface area is 151 Å². The summed E-state index contributed by atoms with van der Waals surface area (Å²) in [4.78, 5) is 20.8. The Hall–Kier alpha value is -3.00. The van der Waals surface area contributed by atoms with Gasteiger partial charge in [0.2, 0.25) is 5.91 Å². The lowest BCUT2D eigenvalue weighted by Gasteiger charge is -2.11. The minimum absolute atomic E-state index is 0.0573. The van der Waals surface area contributed by atoms with E-state index in [1.807, 2.05) is 38.1 Å². The first-order valence-electron chi connectivity index (χ1n) is 8.47. The molecule has 2 aromatic heterocycles. The van der Waals surface area contributed by atoms with E-state index in [4.69, 9.17) is 10.5 Å². The van der Waals surface area contributed by atoms with Crippen LogP contribution in [0.5, 0.6) is 5.75 Å². The molecule has 1 amide bonds. The zero-order valence-electron chi connectivity index (χ0n) is 14.9. The van der Waals surface area contributed by atoms with Gasteiger partial charge in [-0.25, -0.2) is 9.50 Å². The van der Waals surface area contributed by atoms with Crippen LogP contribution in [0.4, 0.5) is 5.69 Å². The summed E-state index contributed by atoms with van der Waals surface area (Å²) >= 11 is 0. The van der Waals surface area contributed by atoms with Crippen molar-refractivity contribution in [1.82, 2.24) is 19.6 Å². The van der Waals surface area contributed by atoms with Crippen molar-refractivity contribution in [2.45, 2.75) is 26.7 Å². The van der Waals surface area contributed by atoms with E-state index < -0.39 is 0 Å². The van der Waals surface area contributed by atoms with Crippen molar-refractivity contribution in [1.29, 1.82) is 0 Å². The van der Waals surface area contributed by atoms with Crippen molar-refractivity contribution in [3.05, 3.63) is 47.5 Å². The topological polar surface area (TPSA) is 107 Å². The van der Waals surface area contributed by atoms with Crippen LogP contribution in [0.3, 0.4) is 0 Å². The molecule has 0 aliphatic heterocycles. The van der Waals surface area contributed by atoms with Gasteiger partial charge in [-0.3, -0.25) is 4.79 Å². The summed E-state index contributed by atoms with van der Waals surface area (Å²) in [6.45, 7) is 4.82. The molecule has 1 aromatic carbocycles. The minimum Gasteiger partial charge on any atom is -0.492 e. The van der Waals surface area contributed by atoms with Crippen molar-refractivity contribution in [2.24, 2.45) is 5.73 Å². The second-order valence-corrected chi connectivity index (χ2v) is 5.94. The van der Waals surface area contributed by atoms with Crippen molar-refractivity contribution in [2.75, 3.05) is 18.5 Å². The first-order valence-corrected chi connectivity index (χ1v) is 8.47. The van der Waals surface area contributed by atoms with E-state index in [9.17, 15) is 4.79 Å². The van der Waals surface area contributed by atoms with Crippen LogP contribution in [0, 0.1) is 13.8 Å². The number of fused-ring (bicyclic) bond motifs is 1. The lowest BCUT2D eigenvalue weighted by atomic mass is 10.1. The van der Waals surface area contributed by atoms with Gasteiger partial charge in [0.1, 0.15) is 18.7 Å². The Morgan fingerprint density at radius 1 is 1.27 bits per heavy atom. The smallest absolute Gasteiger partial charge is 0.252 e. The predicted octanol–water partition coefficient (Wildman–Crippen LogP) is 1.65. The predicted molar refractivity (Wildman–Crippen MR) is 98.2 cm³/mol. The average Bonchev–Trinajstić information content (AvgIpc) is 3.09. The van der Waals surface area contributed by atoms with Crippen LogP contribution in [0.25, 0.3) is 5.78 Å². The third-order valence-electron chi connectivity index (χ3n) is 4.12. The summed E-state index contributed by atoms with van der Waals surface area (Å²) in [5.74, 6) is 1.25. The molecule has 3 N–H and O–H groups in total. The zero-order valence-corrected chi connectivity index (χ0v) is 14.9. The number of nitrogens with one attached hydrogen (secondary N) is 1. The number of aromatic nitrogens is 4. The molecule has 0 saturated heterocycles. The minimum atomic E-state index is -0.0573. The fourth-order valence-corrected chi connectivity index (χ4v) is 2.79. The third-order valence-corrected chi connectivity index (χ3v) is 4.12. The molecule has 0 unspecified atom stereocenters. The van der Waals surface area contributed by atoms with Gasteiger partial charge in [-0.05, 0) is 50.1 Å². The molecule has 2 heterocycles. The second kappa shape index (κ2) is 7.92. The van der Waals surface area contributed by atoms with E-state index in [-0.39, 0.29) is 5.91 Å². The Morgan fingerprint density at radius 3 is 2.77 bits per heavy atom. The first-order chi connectivity index (χ1) is 12.6. The molecule has 136 valence electrons. The fourth-order valence-electron chi connectivity index (χ4n) is 2.79. The summed E-state index contributed by atoms with van der Waals surface area (Å²) in [6, 6.07) is 7.23. The van der Waals surface area contributed by atoms with E-state index in [0.717, 1.165) is 28.4 Å². The van der Waals surface area contributed by atoms with Gasteiger partial charge in [0.05, 0.1) is 0 Å². The van der Waals surface area contributed by atoms with Crippen LogP contribution in [-0.4, -0.2) is 38.6 Å². The number of carbonyl (C=O) groups excluding carboxylic acids is 1. The summed E-state index contributed by atoms with van der Waals surface area (Å²) in [7, 11) is 0. The summed E-state index contributed by atoms with van der Waals surface area (Å²) in [5.41, 5.74) is 8.98. The molecule has 0 spiro atoms. The average molecular weight is 354 g/mol. The first kappa shape index (κ1) is 17.8. The Balaban J connectivity index is 1.60. The largest absolute Gasteiger partial charge is 0.492 e. The maximum atomic E-state index is 12.3. The lowest BCUT2D eigenvalue weighted by Crippen LogP contribution is -2.14. The van der Waals surface area contributed by atoms with Crippen molar-refractivity contribution >= 4 is 17.4 Å². The zero-order chi connectivity index (χ0) is 18.5. The monoisotopic (exact) mass is 354 g/mol. The molecule has 0 bridgehead atoms. The fraction of sp³-hybridized carbons (Fsp3) is 0.333. The van der Waals surface area contributed by atoms with Gasteiger partial charge in [0, 0.05) is 30.0 Å². The van der Waals surface area contributed by atoms with Gasteiger partial charge < -0.3 is 15.8 Å². The summed E-state index contributed by atoms with van der Waals surface area (Å²) < 4.78 is 7.11. The number of benzene rings is 1. The van der Waals surface area contributed by atoms with E-state index in [2.05, 4.69) is 20.4 Å². The number of hydrogen-bond acceptors (Lipinski definition) is 6. The van der Waals surface area contributed by atoms with Crippen molar-refractivity contribution in [3.63, 3.8) is 0 Å². The number of ether oxygens (including phenoxy) is 1. The molecule has 8 heteroatoms. The van der Waals surface area contributed by atoms with Gasteiger partial charge in [-0.1, -0.05) is 0 Å². The maximum Gasteiger partial charge on any atom is 0.252 e. The molecule has 0 aliphatic rings. The molecule has 0 saturated carbocycles. The molecule has 0 fully saturated rings. The van der Waals surface area contributed by atoms with Crippen LogP contribution < -0.4 is 15.8 Å². The molecular weight excluding hydrogens is 332 g/mol. The van der Waals surface area contributed by atoms with Gasteiger partial charge in [-0.15, -0.1) is 0 Å². The summed E-state index contributed by atoms with van der Waals surface area (Å²) in [5, 5.41) is 7.06. The number of amides is 1. The van der Waals surface area contributed by atoms with E-state index in [1.54, 1.807) is 4.52 Å². The van der Waals surface area contributed by atoms with Crippen LogP contribution in [0.1, 0.15) is 23.4 Å². The quantitative estimate of drug-likeness (QED) is 0.668. The number of rotatable bonds is 7. The highest BCUT2D eigenvalue weighted by Crippen LogP contribution is 2.17. The molecule has 0 atom stereocenters. The van der Waals surface area contributed by atoms with Gasteiger partial charge in [0.25, 0.3) is 5.78 Å². The third kappa shape index (κ3) is 3.97. The van der Waals surface area contributed by atoms with Crippen LogP contribution in [0.15, 0.2) is 30.6 Å². The van der Waals surface area contributed by atoms with Gasteiger partial charge in [-0.2, -0.15) is 10.1 Å². The van der Waals surface area contributed by atoms with Gasteiger partial charge in [0.15, 0.2) is 0 Å². The molecule has 26 heavy (non-hydrogen) atoms. The van der Waals surface area contributed by atoms with Crippen LogP contribution in [-0.2, 0) is 11.2 Å². The SMILES string of the molecule is Cc1nc2ncnn2c(C)c1CCC(=O)Nc1ccc(OCCN)cc1. The van der Waals surface area contributed by atoms with Crippen LogP contribution in [0.2, 0.25) is 0 Å². The highest BCUT2D eigenvalue weighted by Gasteiger charge is 2.12. The molecule has 0 aliphatic carbocycles. The maximum absolute atomic E-state index is 12.3. The Bertz CT molecular complexity index is 904. The number of carbonyl (C=O) groups is 1. The van der Waals surface area contributed by atoms with Gasteiger partial charge >= 0.3 is 0 Å². The number of hydrogen-bond donors (Lipinski definition) is 2. The second-order valence-electron chi connectivity index (χ2n) is 5.94. The normalized spacial score (nSPS) is 10.9. The lowest BCUT2D eigenvalue weighted by molar-refractivity contribution is -0.116. The molecular formula is C18H22N6O2. The highest BCUT2D eigenvalue weighted by atomic mass is 16.5. The number of nitrogens with two attached hydrogens (primary N) is 1. The van der Waals surface area contributed by atoms with E-state index in [1.165, 1.54) is 6.33 Å². The van der Waals surface area contributed by atoms with Crippen molar-refractivity contribution in [3.8, 4) is 5.75 Å². The standard InChI is InChI=1S/C18H22N6O2/c1-12-16(13(2)24-18(22-12)20-11-21-24)7-8-17(25)23-14-3-5-15(6-4-14)26-10-9-19/h3-6,11H,7-10,19H2,1-2H3,(H,23,25). The number of anilines is 1. The van der Waals surface area contributed by atoms with E-state index in [0.29, 0.717) is 31.8 Å². The number of aryl methyl sites for hydroxylation is 2. The Morgan fingerprint density at radius 2 is 2.04 bits per heavy atom. The molecule has 0 radical (unpaired) electrons. The molecule has 3 rings (SSSR count). The molecule has 3 aromatic rings.